The first-order chi connectivity index (χ1) is 11.2. The normalized spacial score (nSPS) is 14.7. The van der Waals surface area contributed by atoms with Crippen LogP contribution in [0.25, 0.3) is 0 Å². The predicted octanol–water partition coefficient (Wildman–Crippen LogP) is 4.02. The maximum absolute atomic E-state index is 12.5. The number of nitrogens with one attached hydrogen (secondary N) is 2. The van der Waals surface area contributed by atoms with Gasteiger partial charge in [0.15, 0.2) is 0 Å². The Morgan fingerprint density at radius 3 is 2.74 bits per heavy atom. The van der Waals surface area contributed by atoms with Gasteiger partial charge in [0.2, 0.25) is 0 Å². The van der Waals surface area contributed by atoms with Gasteiger partial charge in [0.1, 0.15) is 5.82 Å². The molecule has 0 aliphatic heterocycles. The molecule has 23 heavy (non-hydrogen) atoms. The van der Waals surface area contributed by atoms with Crippen LogP contribution in [-0.4, -0.2) is 16.9 Å². The number of hydrogen-bond donors (Lipinski definition) is 2. The van der Waals surface area contributed by atoms with Crippen molar-refractivity contribution in [1.29, 1.82) is 0 Å². The molecule has 0 atom stereocenters. The summed E-state index contributed by atoms with van der Waals surface area (Å²) in [5, 5.41) is 7.02. The van der Waals surface area contributed by atoms with Crippen LogP contribution in [0, 0.1) is 0 Å². The molecule has 0 bridgehead atoms. The van der Waals surface area contributed by atoms with Gasteiger partial charge < -0.3 is 10.6 Å². The topological polar surface area (TPSA) is 54.0 Å². The van der Waals surface area contributed by atoms with Gasteiger partial charge in [-0.2, -0.15) is 0 Å². The van der Waals surface area contributed by atoms with Crippen LogP contribution in [0.15, 0.2) is 42.6 Å². The molecule has 1 amide bonds. The summed E-state index contributed by atoms with van der Waals surface area (Å²) in [5.74, 6) is 0.523. The molecule has 1 saturated carbocycles. The van der Waals surface area contributed by atoms with Crippen molar-refractivity contribution in [2.75, 3.05) is 5.32 Å². The van der Waals surface area contributed by atoms with Gasteiger partial charge in [0.05, 0.1) is 5.56 Å². The Morgan fingerprint density at radius 1 is 1.17 bits per heavy atom. The minimum Gasteiger partial charge on any atom is -0.365 e. The molecule has 0 spiro atoms. The summed E-state index contributed by atoms with van der Waals surface area (Å²) in [6.07, 6.45) is 6.19. The molecule has 120 valence electrons. The van der Waals surface area contributed by atoms with Gasteiger partial charge in [-0.05, 0) is 36.6 Å². The first-order valence-electron chi connectivity index (χ1n) is 7.97. The van der Waals surface area contributed by atoms with Crippen molar-refractivity contribution in [2.24, 2.45) is 0 Å². The SMILES string of the molecule is O=C(NC1CCCC1)c1cccnc1NCc1ccccc1Cl. The fourth-order valence-electron chi connectivity index (χ4n) is 2.88. The lowest BCUT2D eigenvalue weighted by Crippen LogP contribution is -2.33. The quantitative estimate of drug-likeness (QED) is 0.871. The van der Waals surface area contributed by atoms with Gasteiger partial charge in [0, 0.05) is 23.8 Å². The number of carbonyl (C=O) groups excluding carboxylic acids is 1. The average Bonchev–Trinajstić information content (AvgIpc) is 3.07. The van der Waals surface area contributed by atoms with Crippen LogP contribution < -0.4 is 10.6 Å². The highest BCUT2D eigenvalue weighted by Gasteiger charge is 2.20. The molecule has 4 nitrogen and oxygen atoms in total. The fourth-order valence-corrected chi connectivity index (χ4v) is 3.09. The lowest BCUT2D eigenvalue weighted by Gasteiger charge is -2.15. The number of aromatic nitrogens is 1. The van der Waals surface area contributed by atoms with Crippen molar-refractivity contribution in [1.82, 2.24) is 10.3 Å². The molecule has 1 heterocycles. The second-order valence-corrected chi connectivity index (χ2v) is 6.21. The summed E-state index contributed by atoms with van der Waals surface area (Å²) in [6.45, 7) is 0.528. The first kappa shape index (κ1) is 15.8. The van der Waals surface area contributed by atoms with Crippen LogP contribution in [0.4, 0.5) is 5.82 Å². The standard InChI is InChI=1S/C18H20ClN3O/c19-16-10-4-1-6-13(16)12-21-17-15(9-5-11-20-17)18(23)22-14-7-2-3-8-14/h1,4-6,9-11,14H,2-3,7-8,12H2,(H,20,21)(H,22,23). The molecule has 1 aliphatic rings. The minimum absolute atomic E-state index is 0.0633. The zero-order valence-electron chi connectivity index (χ0n) is 12.9. The molecule has 1 aliphatic carbocycles. The van der Waals surface area contributed by atoms with Gasteiger partial charge in [-0.15, -0.1) is 0 Å². The van der Waals surface area contributed by atoms with Crippen LogP contribution in [0.2, 0.25) is 5.02 Å². The second kappa shape index (κ2) is 7.47. The van der Waals surface area contributed by atoms with E-state index in [1.807, 2.05) is 24.3 Å². The maximum Gasteiger partial charge on any atom is 0.255 e. The summed E-state index contributed by atoms with van der Waals surface area (Å²) in [5.41, 5.74) is 1.55. The second-order valence-electron chi connectivity index (χ2n) is 5.80. The van der Waals surface area contributed by atoms with E-state index in [4.69, 9.17) is 11.6 Å². The molecule has 3 rings (SSSR count). The molecule has 0 unspecified atom stereocenters. The van der Waals surface area contributed by atoms with Gasteiger partial charge in [-0.3, -0.25) is 4.79 Å². The number of rotatable bonds is 5. The molecule has 0 saturated heterocycles. The number of nitrogens with zero attached hydrogens (tertiary/aromatic N) is 1. The van der Waals surface area contributed by atoms with Crippen LogP contribution in [0.1, 0.15) is 41.6 Å². The number of carbonyl (C=O) groups is 1. The lowest BCUT2D eigenvalue weighted by molar-refractivity contribution is 0.0938. The Bertz CT molecular complexity index is 683. The molecule has 5 heteroatoms. The summed E-state index contributed by atoms with van der Waals surface area (Å²) in [4.78, 5) is 16.8. The summed E-state index contributed by atoms with van der Waals surface area (Å²) >= 11 is 6.17. The maximum atomic E-state index is 12.5. The average molecular weight is 330 g/mol. The fraction of sp³-hybridized carbons (Fsp3) is 0.333. The molecular formula is C18H20ClN3O. The monoisotopic (exact) mass is 329 g/mol. The van der Waals surface area contributed by atoms with Crippen molar-refractivity contribution in [3.63, 3.8) is 0 Å². The highest BCUT2D eigenvalue weighted by molar-refractivity contribution is 6.31. The van der Waals surface area contributed by atoms with Gasteiger partial charge >= 0.3 is 0 Å². The molecule has 1 aromatic carbocycles. The number of hydrogen-bond acceptors (Lipinski definition) is 3. The molecule has 1 aromatic heterocycles. The zero-order chi connectivity index (χ0) is 16.1. The van der Waals surface area contributed by atoms with Gasteiger partial charge in [-0.25, -0.2) is 4.98 Å². The van der Waals surface area contributed by atoms with Crippen molar-refractivity contribution in [2.45, 2.75) is 38.3 Å². The number of anilines is 1. The highest BCUT2D eigenvalue weighted by Crippen LogP contribution is 2.20. The van der Waals surface area contributed by atoms with Crippen molar-refractivity contribution in [3.05, 3.63) is 58.7 Å². The van der Waals surface area contributed by atoms with E-state index in [0.29, 0.717) is 29.0 Å². The molecule has 2 aromatic rings. The van der Waals surface area contributed by atoms with E-state index < -0.39 is 0 Å². The number of amides is 1. The Morgan fingerprint density at radius 2 is 1.96 bits per heavy atom. The molecule has 0 radical (unpaired) electrons. The third kappa shape index (κ3) is 4.02. The predicted molar refractivity (Wildman–Crippen MR) is 92.7 cm³/mol. The van der Waals surface area contributed by atoms with E-state index in [1.165, 1.54) is 12.8 Å². The number of halogens is 1. The smallest absolute Gasteiger partial charge is 0.255 e. The largest absolute Gasteiger partial charge is 0.365 e. The van der Waals surface area contributed by atoms with Crippen LogP contribution >= 0.6 is 11.6 Å². The summed E-state index contributed by atoms with van der Waals surface area (Å²) < 4.78 is 0. The van der Waals surface area contributed by atoms with E-state index in [2.05, 4.69) is 15.6 Å². The lowest BCUT2D eigenvalue weighted by atomic mass is 10.2. The number of benzene rings is 1. The van der Waals surface area contributed by atoms with E-state index in [0.717, 1.165) is 18.4 Å². The van der Waals surface area contributed by atoms with Crippen molar-refractivity contribution < 1.29 is 4.79 Å². The van der Waals surface area contributed by atoms with Crippen molar-refractivity contribution >= 4 is 23.3 Å². The number of pyridine rings is 1. The van der Waals surface area contributed by atoms with E-state index >= 15 is 0 Å². The van der Waals surface area contributed by atoms with Crippen LogP contribution in [0.5, 0.6) is 0 Å². The van der Waals surface area contributed by atoms with Crippen LogP contribution in [0.3, 0.4) is 0 Å². The third-order valence-electron chi connectivity index (χ3n) is 4.15. The summed E-state index contributed by atoms with van der Waals surface area (Å²) in [6, 6.07) is 11.5. The minimum atomic E-state index is -0.0633. The third-order valence-corrected chi connectivity index (χ3v) is 4.52. The van der Waals surface area contributed by atoms with Crippen LogP contribution in [-0.2, 0) is 6.54 Å². The highest BCUT2D eigenvalue weighted by atomic mass is 35.5. The molecular weight excluding hydrogens is 310 g/mol. The Kier molecular flexibility index (Phi) is 5.13. The Labute approximate surface area is 141 Å². The van der Waals surface area contributed by atoms with E-state index in [1.54, 1.807) is 18.3 Å². The summed E-state index contributed by atoms with van der Waals surface area (Å²) in [7, 11) is 0. The van der Waals surface area contributed by atoms with Crippen molar-refractivity contribution in [3.8, 4) is 0 Å². The first-order valence-corrected chi connectivity index (χ1v) is 8.35. The Balaban J connectivity index is 1.70. The van der Waals surface area contributed by atoms with E-state index in [9.17, 15) is 4.79 Å². The Hall–Kier alpha value is -2.07. The zero-order valence-corrected chi connectivity index (χ0v) is 13.6. The molecule has 1 fully saturated rings. The van der Waals surface area contributed by atoms with Gasteiger partial charge in [0.25, 0.3) is 5.91 Å². The van der Waals surface area contributed by atoms with Gasteiger partial charge in [-0.1, -0.05) is 42.6 Å². The van der Waals surface area contributed by atoms with E-state index in [-0.39, 0.29) is 5.91 Å². The molecule has 2 N–H and O–H groups in total.